The van der Waals surface area contributed by atoms with E-state index in [2.05, 4.69) is 34.4 Å². The molecule has 1 amide bonds. The van der Waals surface area contributed by atoms with E-state index in [1.165, 1.54) is 0 Å². The summed E-state index contributed by atoms with van der Waals surface area (Å²) in [6.45, 7) is 3.71. The molecular formula is C8H12INO2. The second-order valence-electron chi connectivity index (χ2n) is 2.18. The summed E-state index contributed by atoms with van der Waals surface area (Å²) in [7, 11) is 0. The third-order valence-electron chi connectivity index (χ3n) is 1.25. The number of amides is 1. The molecular weight excluding hydrogens is 269 g/mol. The van der Waals surface area contributed by atoms with Gasteiger partial charge in [0.05, 0.1) is 3.92 Å². The highest BCUT2D eigenvalue weighted by Gasteiger charge is 2.17. The SMILES string of the molecule is CC#CC(OC(N)=O)C(I)CC. The van der Waals surface area contributed by atoms with E-state index in [-0.39, 0.29) is 10.0 Å². The lowest BCUT2D eigenvalue weighted by molar-refractivity contribution is 0.133. The number of primary amides is 1. The molecule has 0 aromatic carbocycles. The van der Waals surface area contributed by atoms with Crippen LogP contribution in [0.4, 0.5) is 4.79 Å². The van der Waals surface area contributed by atoms with E-state index in [4.69, 9.17) is 10.5 Å². The Kier molecular flexibility index (Phi) is 5.89. The molecule has 2 N–H and O–H groups in total. The van der Waals surface area contributed by atoms with Crippen molar-refractivity contribution in [3.8, 4) is 11.8 Å². The fourth-order valence-corrected chi connectivity index (χ4v) is 1.00. The molecule has 12 heavy (non-hydrogen) atoms. The molecule has 0 aromatic rings. The molecule has 0 aliphatic rings. The van der Waals surface area contributed by atoms with Gasteiger partial charge in [-0.2, -0.15) is 0 Å². The van der Waals surface area contributed by atoms with Gasteiger partial charge in [0.1, 0.15) is 0 Å². The second kappa shape index (κ2) is 6.12. The fraction of sp³-hybridized carbons (Fsp3) is 0.625. The van der Waals surface area contributed by atoms with Crippen molar-refractivity contribution in [1.82, 2.24) is 0 Å². The van der Waals surface area contributed by atoms with Crippen molar-refractivity contribution in [2.24, 2.45) is 5.73 Å². The van der Waals surface area contributed by atoms with Gasteiger partial charge in [-0.25, -0.2) is 4.79 Å². The van der Waals surface area contributed by atoms with Crippen LogP contribution in [0.15, 0.2) is 0 Å². The molecule has 0 radical (unpaired) electrons. The number of carbonyl (C=O) groups excluding carboxylic acids is 1. The zero-order valence-corrected chi connectivity index (χ0v) is 9.29. The van der Waals surface area contributed by atoms with Crippen molar-refractivity contribution < 1.29 is 9.53 Å². The highest BCUT2D eigenvalue weighted by Crippen LogP contribution is 2.13. The number of nitrogens with two attached hydrogens (primary N) is 1. The van der Waals surface area contributed by atoms with Crippen LogP contribution in [0, 0.1) is 11.8 Å². The van der Waals surface area contributed by atoms with E-state index in [0.29, 0.717) is 0 Å². The first kappa shape index (κ1) is 11.6. The Hall–Kier alpha value is -0.440. The minimum Gasteiger partial charge on any atom is -0.432 e. The zero-order chi connectivity index (χ0) is 9.56. The molecule has 0 rings (SSSR count). The van der Waals surface area contributed by atoms with Crippen LogP contribution in [0.25, 0.3) is 0 Å². The third-order valence-corrected chi connectivity index (χ3v) is 2.78. The largest absolute Gasteiger partial charge is 0.432 e. The summed E-state index contributed by atoms with van der Waals surface area (Å²) in [4.78, 5) is 10.4. The van der Waals surface area contributed by atoms with Gasteiger partial charge in [-0.3, -0.25) is 0 Å². The molecule has 0 spiro atoms. The molecule has 0 saturated heterocycles. The smallest absolute Gasteiger partial charge is 0.405 e. The molecule has 2 atom stereocenters. The highest BCUT2D eigenvalue weighted by molar-refractivity contribution is 14.1. The molecule has 0 saturated carbocycles. The van der Waals surface area contributed by atoms with Crippen molar-refractivity contribution in [3.63, 3.8) is 0 Å². The summed E-state index contributed by atoms with van der Waals surface area (Å²) in [6, 6.07) is 0. The summed E-state index contributed by atoms with van der Waals surface area (Å²) < 4.78 is 5.00. The number of rotatable bonds is 3. The monoisotopic (exact) mass is 281 g/mol. The first-order valence-electron chi connectivity index (χ1n) is 3.64. The first-order valence-corrected chi connectivity index (χ1v) is 4.88. The van der Waals surface area contributed by atoms with Gasteiger partial charge in [0.15, 0.2) is 6.10 Å². The Morgan fingerprint density at radius 3 is 2.67 bits per heavy atom. The molecule has 4 heteroatoms. The maximum atomic E-state index is 10.4. The number of halogens is 1. The summed E-state index contributed by atoms with van der Waals surface area (Å²) in [5.41, 5.74) is 4.88. The van der Waals surface area contributed by atoms with Gasteiger partial charge < -0.3 is 10.5 Å². The lowest BCUT2D eigenvalue weighted by Crippen LogP contribution is -2.28. The molecule has 3 nitrogen and oxygen atoms in total. The van der Waals surface area contributed by atoms with E-state index >= 15 is 0 Å². The van der Waals surface area contributed by atoms with Gasteiger partial charge in [0.25, 0.3) is 0 Å². The maximum absolute atomic E-state index is 10.4. The Morgan fingerprint density at radius 2 is 2.33 bits per heavy atom. The molecule has 0 fully saturated rings. The predicted molar refractivity (Wildman–Crippen MR) is 56.0 cm³/mol. The van der Waals surface area contributed by atoms with Crippen LogP contribution in [0.2, 0.25) is 0 Å². The van der Waals surface area contributed by atoms with Gasteiger partial charge in [0, 0.05) is 0 Å². The van der Waals surface area contributed by atoms with E-state index in [0.717, 1.165) is 6.42 Å². The average molecular weight is 281 g/mol. The standard InChI is InChI=1S/C8H12INO2/c1-3-5-7(6(9)4-2)12-8(10)11/h6-7H,4H2,1-2H3,(H2,10,11). The minimum atomic E-state index is -0.766. The molecule has 0 aromatic heterocycles. The Bertz CT molecular complexity index is 207. The van der Waals surface area contributed by atoms with Gasteiger partial charge in [-0.15, -0.1) is 5.92 Å². The Morgan fingerprint density at radius 1 is 1.75 bits per heavy atom. The predicted octanol–water partition coefficient (Wildman–Crippen LogP) is 1.69. The van der Waals surface area contributed by atoms with Crippen LogP contribution in [0.5, 0.6) is 0 Å². The number of ether oxygens (including phenoxy) is 1. The summed E-state index contributed by atoms with van der Waals surface area (Å²) in [6.07, 6.45) is -0.247. The van der Waals surface area contributed by atoms with E-state index in [1.54, 1.807) is 6.92 Å². The van der Waals surface area contributed by atoms with Crippen molar-refractivity contribution in [2.75, 3.05) is 0 Å². The van der Waals surface area contributed by atoms with Gasteiger partial charge in [-0.1, -0.05) is 35.4 Å². The average Bonchev–Trinajstić information content (AvgIpc) is 2.01. The molecule has 68 valence electrons. The van der Waals surface area contributed by atoms with Crippen LogP contribution in [-0.2, 0) is 4.74 Å². The fourth-order valence-electron chi connectivity index (χ4n) is 0.675. The van der Waals surface area contributed by atoms with Crippen LogP contribution < -0.4 is 5.73 Å². The van der Waals surface area contributed by atoms with Gasteiger partial charge in [-0.05, 0) is 13.3 Å². The Balaban J connectivity index is 4.19. The summed E-state index contributed by atoms with van der Waals surface area (Å²) >= 11 is 2.19. The summed E-state index contributed by atoms with van der Waals surface area (Å²) in [5.74, 6) is 5.48. The number of hydrogen-bond donors (Lipinski definition) is 1. The quantitative estimate of drug-likeness (QED) is 0.486. The molecule has 0 heterocycles. The number of alkyl halides is 1. The van der Waals surface area contributed by atoms with Crippen LogP contribution in [0.3, 0.4) is 0 Å². The first-order chi connectivity index (χ1) is 5.61. The Labute approximate surface area is 86.2 Å². The van der Waals surface area contributed by atoms with Crippen molar-refractivity contribution in [2.45, 2.75) is 30.3 Å². The van der Waals surface area contributed by atoms with Crippen LogP contribution in [-0.4, -0.2) is 16.1 Å². The van der Waals surface area contributed by atoms with Crippen molar-refractivity contribution >= 4 is 28.7 Å². The third kappa shape index (κ3) is 4.44. The van der Waals surface area contributed by atoms with E-state index < -0.39 is 6.09 Å². The van der Waals surface area contributed by atoms with Crippen molar-refractivity contribution in [1.29, 1.82) is 0 Å². The van der Waals surface area contributed by atoms with Gasteiger partial charge in [0.2, 0.25) is 0 Å². The topological polar surface area (TPSA) is 52.3 Å². The van der Waals surface area contributed by atoms with Crippen molar-refractivity contribution in [3.05, 3.63) is 0 Å². The normalized spacial score (nSPS) is 13.9. The second-order valence-corrected chi connectivity index (χ2v) is 3.78. The zero-order valence-electron chi connectivity index (χ0n) is 7.13. The maximum Gasteiger partial charge on any atom is 0.405 e. The lowest BCUT2D eigenvalue weighted by atomic mass is 10.2. The van der Waals surface area contributed by atoms with Crippen LogP contribution in [0.1, 0.15) is 20.3 Å². The minimum absolute atomic E-state index is 0.197. The number of carbonyl (C=O) groups is 1. The summed E-state index contributed by atoms with van der Waals surface area (Å²) in [5, 5.41) is 0. The molecule has 0 aliphatic carbocycles. The van der Waals surface area contributed by atoms with E-state index in [9.17, 15) is 4.79 Å². The molecule has 2 unspecified atom stereocenters. The molecule has 0 bridgehead atoms. The van der Waals surface area contributed by atoms with Crippen LogP contribution >= 0.6 is 22.6 Å². The van der Waals surface area contributed by atoms with E-state index in [1.807, 2.05) is 6.92 Å². The highest BCUT2D eigenvalue weighted by atomic mass is 127. The molecule has 0 aliphatic heterocycles. The number of hydrogen-bond acceptors (Lipinski definition) is 2. The lowest BCUT2D eigenvalue weighted by Gasteiger charge is -2.14. The van der Waals surface area contributed by atoms with Gasteiger partial charge >= 0.3 is 6.09 Å².